The van der Waals surface area contributed by atoms with Crippen molar-refractivity contribution in [1.82, 2.24) is 10.3 Å². The molecule has 0 bridgehead atoms. The van der Waals surface area contributed by atoms with Gasteiger partial charge in [-0.15, -0.1) is 23.1 Å². The Hall–Kier alpha value is -1.53. The molecule has 0 aliphatic carbocycles. The van der Waals surface area contributed by atoms with Crippen molar-refractivity contribution in [2.24, 2.45) is 0 Å². The summed E-state index contributed by atoms with van der Waals surface area (Å²) < 4.78 is 0. The second-order valence-corrected chi connectivity index (χ2v) is 7.40. The van der Waals surface area contributed by atoms with E-state index in [2.05, 4.69) is 20.6 Å². The smallest absolute Gasteiger partial charge is 0.230 e. The van der Waals surface area contributed by atoms with Gasteiger partial charge in [0.25, 0.3) is 0 Å². The zero-order valence-corrected chi connectivity index (χ0v) is 14.7. The topological polar surface area (TPSA) is 45.2 Å². The van der Waals surface area contributed by atoms with Crippen LogP contribution in [0.2, 0.25) is 0 Å². The molecule has 122 valence electrons. The summed E-state index contributed by atoms with van der Waals surface area (Å²) >= 11 is 3.27. The number of amides is 1. The molecule has 1 N–H and O–H groups in total. The van der Waals surface area contributed by atoms with Crippen molar-refractivity contribution in [3.05, 3.63) is 41.4 Å². The van der Waals surface area contributed by atoms with E-state index in [0.29, 0.717) is 12.3 Å². The first-order valence-electron chi connectivity index (χ1n) is 7.95. The van der Waals surface area contributed by atoms with Crippen molar-refractivity contribution in [2.45, 2.75) is 24.2 Å². The minimum atomic E-state index is 0.0776. The standard InChI is InChI=1S/C17H21N3OS2/c21-16(13-22-15-6-2-1-3-7-15)18-9-8-14-12-23-17(19-14)20-10-4-5-11-20/h1-3,6-7,12H,4-5,8-11,13H2,(H,18,21). The fraction of sp³-hybridized carbons (Fsp3) is 0.412. The molecule has 0 spiro atoms. The van der Waals surface area contributed by atoms with Crippen LogP contribution in [0, 0.1) is 0 Å². The molecule has 0 unspecified atom stereocenters. The van der Waals surface area contributed by atoms with E-state index < -0.39 is 0 Å². The van der Waals surface area contributed by atoms with Crippen LogP contribution in [0.1, 0.15) is 18.5 Å². The van der Waals surface area contributed by atoms with E-state index in [4.69, 9.17) is 0 Å². The first-order chi connectivity index (χ1) is 11.3. The van der Waals surface area contributed by atoms with E-state index in [1.807, 2.05) is 30.3 Å². The van der Waals surface area contributed by atoms with Crippen LogP contribution in [-0.4, -0.2) is 36.3 Å². The summed E-state index contributed by atoms with van der Waals surface area (Å²) in [5.41, 5.74) is 1.08. The van der Waals surface area contributed by atoms with E-state index in [9.17, 15) is 4.79 Å². The Bertz CT molecular complexity index is 624. The van der Waals surface area contributed by atoms with Crippen LogP contribution in [0.3, 0.4) is 0 Å². The Morgan fingerprint density at radius 2 is 2.04 bits per heavy atom. The van der Waals surface area contributed by atoms with Gasteiger partial charge < -0.3 is 10.2 Å². The van der Waals surface area contributed by atoms with Crippen molar-refractivity contribution in [3.63, 3.8) is 0 Å². The lowest BCUT2D eigenvalue weighted by Gasteiger charge is -2.12. The molecule has 0 radical (unpaired) electrons. The zero-order valence-electron chi connectivity index (χ0n) is 13.0. The number of hydrogen-bond acceptors (Lipinski definition) is 5. The number of aromatic nitrogens is 1. The van der Waals surface area contributed by atoms with Crippen LogP contribution in [0.4, 0.5) is 5.13 Å². The summed E-state index contributed by atoms with van der Waals surface area (Å²) in [6, 6.07) is 10.00. The van der Waals surface area contributed by atoms with Crippen LogP contribution in [-0.2, 0) is 11.2 Å². The monoisotopic (exact) mass is 347 g/mol. The van der Waals surface area contributed by atoms with Gasteiger partial charge in [-0.2, -0.15) is 0 Å². The molecule has 1 aliphatic heterocycles. The van der Waals surface area contributed by atoms with Gasteiger partial charge in [0.2, 0.25) is 5.91 Å². The molecular formula is C17H21N3OS2. The van der Waals surface area contributed by atoms with Gasteiger partial charge in [-0.1, -0.05) is 18.2 Å². The number of thioether (sulfide) groups is 1. The van der Waals surface area contributed by atoms with Crippen LogP contribution < -0.4 is 10.2 Å². The minimum absolute atomic E-state index is 0.0776. The lowest BCUT2D eigenvalue weighted by molar-refractivity contribution is -0.118. The largest absolute Gasteiger partial charge is 0.355 e. The Morgan fingerprint density at radius 1 is 1.26 bits per heavy atom. The molecule has 0 atom stereocenters. The molecule has 6 heteroatoms. The Labute approximate surface area is 145 Å². The summed E-state index contributed by atoms with van der Waals surface area (Å²) in [7, 11) is 0. The Balaban J connectivity index is 1.36. The number of hydrogen-bond donors (Lipinski definition) is 1. The second kappa shape index (κ2) is 8.36. The molecule has 4 nitrogen and oxygen atoms in total. The summed E-state index contributed by atoms with van der Waals surface area (Å²) in [6.45, 7) is 2.90. The van der Waals surface area contributed by atoms with Crippen LogP contribution in [0.25, 0.3) is 0 Å². The highest BCUT2D eigenvalue weighted by Gasteiger charge is 2.15. The van der Waals surface area contributed by atoms with Gasteiger partial charge in [-0.3, -0.25) is 4.79 Å². The predicted molar refractivity (Wildman–Crippen MR) is 97.4 cm³/mol. The number of anilines is 1. The van der Waals surface area contributed by atoms with Crippen LogP contribution in [0.5, 0.6) is 0 Å². The molecule has 1 amide bonds. The maximum absolute atomic E-state index is 11.9. The fourth-order valence-electron chi connectivity index (χ4n) is 2.51. The van der Waals surface area contributed by atoms with E-state index in [1.54, 1.807) is 23.1 Å². The quantitative estimate of drug-likeness (QED) is 0.781. The highest BCUT2D eigenvalue weighted by Crippen LogP contribution is 2.24. The van der Waals surface area contributed by atoms with E-state index in [-0.39, 0.29) is 5.91 Å². The number of nitrogens with one attached hydrogen (secondary N) is 1. The number of rotatable bonds is 7. The number of benzene rings is 1. The molecule has 0 saturated carbocycles. The van der Waals surface area contributed by atoms with Crippen molar-refractivity contribution in [1.29, 1.82) is 0 Å². The van der Waals surface area contributed by atoms with Gasteiger partial charge in [0.15, 0.2) is 5.13 Å². The lowest BCUT2D eigenvalue weighted by atomic mass is 10.3. The van der Waals surface area contributed by atoms with Gasteiger partial charge in [-0.25, -0.2) is 4.98 Å². The Morgan fingerprint density at radius 3 is 2.83 bits per heavy atom. The van der Waals surface area contributed by atoms with Gasteiger partial charge in [0.05, 0.1) is 11.4 Å². The third-order valence-corrected chi connectivity index (χ3v) is 5.69. The third kappa shape index (κ3) is 4.97. The van der Waals surface area contributed by atoms with E-state index in [1.165, 1.54) is 12.8 Å². The molecule has 1 aromatic heterocycles. The van der Waals surface area contributed by atoms with Crippen molar-refractivity contribution in [3.8, 4) is 0 Å². The molecule has 1 aromatic carbocycles. The zero-order chi connectivity index (χ0) is 15.9. The number of carbonyl (C=O) groups excluding carboxylic acids is 1. The molecular weight excluding hydrogens is 326 g/mol. The third-order valence-electron chi connectivity index (χ3n) is 3.73. The van der Waals surface area contributed by atoms with Gasteiger partial charge in [0, 0.05) is 36.3 Å². The summed E-state index contributed by atoms with van der Waals surface area (Å²) in [5.74, 6) is 0.536. The van der Waals surface area contributed by atoms with E-state index >= 15 is 0 Å². The highest BCUT2D eigenvalue weighted by atomic mass is 32.2. The number of thiazole rings is 1. The number of carbonyl (C=O) groups is 1. The second-order valence-electron chi connectivity index (χ2n) is 5.52. The average Bonchev–Trinajstić information content (AvgIpc) is 3.25. The normalized spacial score (nSPS) is 14.2. The number of nitrogens with zero attached hydrogens (tertiary/aromatic N) is 2. The predicted octanol–water partition coefficient (Wildman–Crippen LogP) is 3.19. The molecule has 2 heterocycles. The molecule has 1 fully saturated rings. The van der Waals surface area contributed by atoms with Gasteiger partial charge in [0.1, 0.15) is 0 Å². The Kier molecular flexibility index (Phi) is 5.93. The van der Waals surface area contributed by atoms with Crippen molar-refractivity contribution >= 4 is 34.1 Å². The van der Waals surface area contributed by atoms with Crippen molar-refractivity contribution in [2.75, 3.05) is 30.3 Å². The molecule has 1 saturated heterocycles. The maximum Gasteiger partial charge on any atom is 0.230 e. The summed E-state index contributed by atoms with van der Waals surface area (Å²) in [5, 5.41) is 6.21. The SMILES string of the molecule is O=C(CSc1ccccc1)NCCc1csc(N2CCCC2)n1. The van der Waals surface area contributed by atoms with Gasteiger partial charge >= 0.3 is 0 Å². The van der Waals surface area contributed by atoms with Crippen LogP contribution in [0.15, 0.2) is 40.6 Å². The van der Waals surface area contributed by atoms with Crippen LogP contribution >= 0.6 is 23.1 Å². The van der Waals surface area contributed by atoms with E-state index in [0.717, 1.165) is 35.2 Å². The van der Waals surface area contributed by atoms with Gasteiger partial charge in [-0.05, 0) is 25.0 Å². The molecule has 3 rings (SSSR count). The highest BCUT2D eigenvalue weighted by molar-refractivity contribution is 8.00. The summed E-state index contributed by atoms with van der Waals surface area (Å²) in [6.07, 6.45) is 3.33. The lowest BCUT2D eigenvalue weighted by Crippen LogP contribution is -2.27. The average molecular weight is 348 g/mol. The minimum Gasteiger partial charge on any atom is -0.355 e. The summed E-state index contributed by atoms with van der Waals surface area (Å²) in [4.78, 5) is 20.0. The fourth-order valence-corrected chi connectivity index (χ4v) is 4.17. The molecule has 23 heavy (non-hydrogen) atoms. The maximum atomic E-state index is 11.9. The first kappa shape index (κ1) is 16.3. The molecule has 2 aromatic rings. The van der Waals surface area contributed by atoms with Crippen molar-refractivity contribution < 1.29 is 4.79 Å². The molecule has 1 aliphatic rings. The first-order valence-corrected chi connectivity index (χ1v) is 9.82.